The number of hydrogen-bond donors (Lipinski definition) is 3. The van der Waals surface area contributed by atoms with E-state index in [0.717, 1.165) is 0 Å². The zero-order valence-corrected chi connectivity index (χ0v) is 8.63. The summed E-state index contributed by atoms with van der Waals surface area (Å²) < 4.78 is 19.5. The zero-order chi connectivity index (χ0) is 11.3. The smallest absolute Gasteiger partial charge is 0.469 e. The van der Waals surface area contributed by atoms with Crippen LogP contribution >= 0.6 is 7.82 Å². The van der Waals surface area contributed by atoms with E-state index >= 15 is 0 Å². The molecule has 7 heteroatoms. The van der Waals surface area contributed by atoms with Crippen LogP contribution < -0.4 is 4.74 Å². The summed E-state index contributed by atoms with van der Waals surface area (Å²) >= 11 is 0. The van der Waals surface area contributed by atoms with Crippen LogP contribution in [-0.4, -0.2) is 28.1 Å². The number of phenolic OH excluding ortho intramolecular Hbond substituents is 1. The predicted octanol–water partition coefficient (Wildman–Crippen LogP) is 0.880. The zero-order valence-electron chi connectivity index (χ0n) is 7.74. The minimum absolute atomic E-state index is 0.0237. The summed E-state index contributed by atoms with van der Waals surface area (Å²) in [4.78, 5) is 16.7. The Hall–Kier alpha value is -1.07. The van der Waals surface area contributed by atoms with Gasteiger partial charge in [0.2, 0.25) is 0 Å². The summed E-state index contributed by atoms with van der Waals surface area (Å²) in [5, 5.41) is 8.95. The van der Waals surface area contributed by atoms with Gasteiger partial charge < -0.3 is 19.6 Å². The van der Waals surface area contributed by atoms with Gasteiger partial charge in [-0.2, -0.15) is 0 Å². The third-order valence-corrected chi connectivity index (χ3v) is 1.97. The summed E-state index contributed by atoms with van der Waals surface area (Å²) in [7, 11) is -4.41. The molecule has 0 aromatic heterocycles. The molecule has 0 saturated carbocycles. The second-order valence-corrected chi connectivity index (χ2v) is 3.91. The van der Waals surface area contributed by atoms with Gasteiger partial charge in [0.25, 0.3) is 0 Å². The van der Waals surface area contributed by atoms with E-state index in [1.165, 1.54) is 24.3 Å². The highest BCUT2D eigenvalue weighted by molar-refractivity contribution is 7.46. The third-order valence-electron chi connectivity index (χ3n) is 1.45. The SMILES string of the molecule is O=P(O)(O)OCCOc1ccc(O)cc1. The van der Waals surface area contributed by atoms with Crippen LogP contribution in [0.1, 0.15) is 0 Å². The first-order valence-electron chi connectivity index (χ1n) is 4.09. The Kier molecular flexibility index (Phi) is 4.11. The van der Waals surface area contributed by atoms with Crippen LogP contribution in [0.5, 0.6) is 11.5 Å². The van der Waals surface area contributed by atoms with Crippen LogP contribution in [0.3, 0.4) is 0 Å². The van der Waals surface area contributed by atoms with Crippen molar-refractivity contribution in [3.8, 4) is 11.5 Å². The van der Waals surface area contributed by atoms with E-state index < -0.39 is 7.82 Å². The highest BCUT2D eigenvalue weighted by Gasteiger charge is 2.12. The third kappa shape index (κ3) is 5.39. The molecule has 0 spiro atoms. The summed E-state index contributed by atoms with van der Waals surface area (Å²) in [6.45, 7) is -0.180. The summed E-state index contributed by atoms with van der Waals surface area (Å²) in [6, 6.07) is 5.96. The Balaban J connectivity index is 2.26. The highest BCUT2D eigenvalue weighted by Crippen LogP contribution is 2.35. The van der Waals surface area contributed by atoms with Gasteiger partial charge in [0.05, 0.1) is 6.61 Å². The van der Waals surface area contributed by atoms with Crippen LogP contribution in [0.4, 0.5) is 0 Å². The molecular weight excluding hydrogens is 223 g/mol. The van der Waals surface area contributed by atoms with Crippen molar-refractivity contribution in [3.05, 3.63) is 24.3 Å². The number of phenols is 1. The normalized spacial score (nSPS) is 11.3. The summed E-state index contributed by atoms with van der Waals surface area (Å²) in [6.07, 6.45) is 0. The molecule has 0 fully saturated rings. The average molecular weight is 234 g/mol. The fourth-order valence-electron chi connectivity index (χ4n) is 0.858. The standard InChI is InChI=1S/C8H11O6P/c9-7-1-3-8(4-2-7)13-5-6-14-15(10,11)12/h1-4,9H,5-6H2,(H2,10,11,12). The lowest BCUT2D eigenvalue weighted by atomic mass is 10.3. The van der Waals surface area contributed by atoms with E-state index in [1.807, 2.05) is 0 Å². The molecule has 0 radical (unpaired) electrons. The van der Waals surface area contributed by atoms with Gasteiger partial charge in [-0.25, -0.2) is 4.57 Å². The lowest BCUT2D eigenvalue weighted by Crippen LogP contribution is -2.05. The molecule has 0 aliphatic heterocycles. The van der Waals surface area contributed by atoms with Crippen molar-refractivity contribution in [2.75, 3.05) is 13.2 Å². The molecule has 0 bridgehead atoms. The van der Waals surface area contributed by atoms with Crippen molar-refractivity contribution >= 4 is 7.82 Å². The second-order valence-electron chi connectivity index (χ2n) is 2.67. The van der Waals surface area contributed by atoms with E-state index in [4.69, 9.17) is 19.6 Å². The summed E-state index contributed by atoms with van der Waals surface area (Å²) in [5.41, 5.74) is 0. The first-order valence-corrected chi connectivity index (χ1v) is 5.62. The van der Waals surface area contributed by atoms with E-state index in [1.54, 1.807) is 0 Å². The minimum atomic E-state index is -4.41. The number of aromatic hydroxyl groups is 1. The van der Waals surface area contributed by atoms with Gasteiger partial charge in [0.15, 0.2) is 0 Å². The molecule has 6 nitrogen and oxygen atoms in total. The van der Waals surface area contributed by atoms with Crippen LogP contribution in [0.2, 0.25) is 0 Å². The van der Waals surface area contributed by atoms with Crippen molar-refractivity contribution in [1.82, 2.24) is 0 Å². The first-order chi connectivity index (χ1) is 6.97. The first kappa shape index (κ1) is 12.0. The Morgan fingerprint density at radius 2 is 1.73 bits per heavy atom. The van der Waals surface area contributed by atoms with Crippen LogP contribution in [0.15, 0.2) is 24.3 Å². The Labute approximate surface area is 86.3 Å². The van der Waals surface area contributed by atoms with Crippen molar-refractivity contribution in [1.29, 1.82) is 0 Å². The maximum Gasteiger partial charge on any atom is 0.469 e. The molecule has 15 heavy (non-hydrogen) atoms. The molecule has 0 saturated heterocycles. The molecular formula is C8H11O6P. The van der Waals surface area contributed by atoms with E-state index in [2.05, 4.69) is 4.52 Å². The lowest BCUT2D eigenvalue weighted by molar-refractivity contribution is 0.160. The molecule has 0 aliphatic carbocycles. The number of rotatable bonds is 5. The minimum Gasteiger partial charge on any atom is -0.508 e. The molecule has 1 aromatic rings. The fraction of sp³-hybridized carbons (Fsp3) is 0.250. The van der Waals surface area contributed by atoms with Gasteiger partial charge in [-0.3, -0.25) is 4.52 Å². The van der Waals surface area contributed by atoms with Crippen molar-refractivity contribution in [2.45, 2.75) is 0 Å². The molecule has 0 heterocycles. The average Bonchev–Trinajstić information content (AvgIpc) is 2.14. The Bertz CT molecular complexity index is 343. The molecule has 3 N–H and O–H groups in total. The molecule has 84 valence electrons. The van der Waals surface area contributed by atoms with E-state index in [-0.39, 0.29) is 19.0 Å². The van der Waals surface area contributed by atoms with Crippen LogP contribution in [0.25, 0.3) is 0 Å². The van der Waals surface area contributed by atoms with Crippen molar-refractivity contribution in [2.24, 2.45) is 0 Å². The monoisotopic (exact) mass is 234 g/mol. The fourth-order valence-corrected chi connectivity index (χ4v) is 1.17. The maximum atomic E-state index is 10.3. The number of ether oxygens (including phenoxy) is 1. The molecule has 0 atom stereocenters. The number of benzene rings is 1. The Morgan fingerprint density at radius 3 is 2.27 bits per heavy atom. The maximum absolute atomic E-state index is 10.3. The van der Waals surface area contributed by atoms with Gasteiger partial charge in [-0.05, 0) is 24.3 Å². The van der Waals surface area contributed by atoms with Crippen molar-refractivity contribution < 1.29 is 28.7 Å². The summed E-state index contributed by atoms with van der Waals surface area (Å²) in [5.74, 6) is 0.607. The molecule has 0 aliphatic rings. The van der Waals surface area contributed by atoms with Gasteiger partial charge in [0.1, 0.15) is 18.1 Å². The molecule has 1 aromatic carbocycles. The lowest BCUT2D eigenvalue weighted by Gasteiger charge is -2.07. The van der Waals surface area contributed by atoms with Crippen LogP contribution in [-0.2, 0) is 9.09 Å². The largest absolute Gasteiger partial charge is 0.508 e. The quantitative estimate of drug-likeness (QED) is 0.517. The van der Waals surface area contributed by atoms with Crippen LogP contribution in [0, 0.1) is 0 Å². The predicted molar refractivity (Wildman–Crippen MR) is 51.6 cm³/mol. The Morgan fingerprint density at radius 1 is 1.13 bits per heavy atom. The second kappa shape index (κ2) is 5.14. The topological polar surface area (TPSA) is 96.2 Å². The van der Waals surface area contributed by atoms with Gasteiger partial charge in [-0.15, -0.1) is 0 Å². The highest BCUT2D eigenvalue weighted by atomic mass is 31.2. The molecule has 0 unspecified atom stereocenters. The van der Waals surface area contributed by atoms with Gasteiger partial charge in [-0.1, -0.05) is 0 Å². The van der Waals surface area contributed by atoms with Gasteiger partial charge >= 0.3 is 7.82 Å². The van der Waals surface area contributed by atoms with Gasteiger partial charge in [0, 0.05) is 0 Å². The molecule has 1 rings (SSSR count). The number of phosphoric acid groups is 1. The van der Waals surface area contributed by atoms with Crippen molar-refractivity contribution in [3.63, 3.8) is 0 Å². The number of phosphoric ester groups is 1. The van der Waals surface area contributed by atoms with E-state index in [9.17, 15) is 4.57 Å². The van der Waals surface area contributed by atoms with E-state index in [0.29, 0.717) is 5.75 Å². The number of hydrogen-bond acceptors (Lipinski definition) is 4. The molecule has 0 amide bonds.